The maximum atomic E-state index is 12.4. The van der Waals surface area contributed by atoms with Crippen molar-refractivity contribution in [2.45, 2.75) is 0 Å². The molecule has 7 heteroatoms. The first kappa shape index (κ1) is 14.7. The molecule has 1 aliphatic heterocycles. The van der Waals surface area contributed by atoms with E-state index in [0.29, 0.717) is 15.7 Å². The summed E-state index contributed by atoms with van der Waals surface area (Å²) in [7, 11) is 0. The first-order valence-corrected chi connectivity index (χ1v) is 8.72. The molecule has 2 aromatic heterocycles. The Balaban J connectivity index is 1.89. The fraction of sp³-hybridized carbons (Fsp3) is 0.250. The molecule has 1 fully saturated rings. The van der Waals surface area contributed by atoms with Crippen molar-refractivity contribution in [2.24, 2.45) is 0 Å². The highest BCUT2D eigenvalue weighted by molar-refractivity contribution is 7.17. The molecule has 0 atom stereocenters. The molecule has 3 aromatic rings. The lowest BCUT2D eigenvalue weighted by molar-refractivity contribution is 0.580. The predicted molar refractivity (Wildman–Crippen MR) is 95.8 cm³/mol. The average Bonchev–Trinajstić information content (AvgIpc) is 3.00. The van der Waals surface area contributed by atoms with Gasteiger partial charge in [-0.2, -0.15) is 0 Å². The monoisotopic (exact) mass is 346 g/mol. The summed E-state index contributed by atoms with van der Waals surface area (Å²) in [6.45, 7) is 3.45. The first-order chi connectivity index (χ1) is 11.2. The maximum Gasteiger partial charge on any atom is 0.270 e. The van der Waals surface area contributed by atoms with Gasteiger partial charge in [0.2, 0.25) is 5.95 Å². The molecule has 1 aliphatic rings. The van der Waals surface area contributed by atoms with Crippen molar-refractivity contribution in [3.63, 3.8) is 0 Å². The summed E-state index contributed by atoms with van der Waals surface area (Å²) in [5.41, 5.74) is 2.45. The maximum absolute atomic E-state index is 12.4. The Labute approximate surface area is 141 Å². The number of fused-ring (bicyclic) bond motifs is 1. The summed E-state index contributed by atoms with van der Waals surface area (Å²) in [5.74, 6) is 0.635. The van der Waals surface area contributed by atoms with Gasteiger partial charge in [-0.1, -0.05) is 29.8 Å². The number of aromatic nitrogens is 2. The number of nitrogens with zero attached hydrogens (tertiary/aromatic N) is 2. The summed E-state index contributed by atoms with van der Waals surface area (Å²) in [6.07, 6.45) is 0. The standard InChI is InChI=1S/C16H15ClN4OS/c17-12-4-2-1-3-10(12)11-9-23-14-13(11)19-16(20-15(14)22)21-7-5-18-6-8-21/h1-4,9,18H,5-8H2,(H,19,20,22). The second kappa shape index (κ2) is 5.96. The molecular weight excluding hydrogens is 332 g/mol. The molecule has 0 spiro atoms. The number of nitrogens with one attached hydrogen (secondary N) is 2. The highest BCUT2D eigenvalue weighted by Crippen LogP contribution is 2.35. The van der Waals surface area contributed by atoms with Crippen LogP contribution in [0.2, 0.25) is 5.02 Å². The van der Waals surface area contributed by atoms with Crippen LogP contribution >= 0.6 is 22.9 Å². The highest BCUT2D eigenvalue weighted by Gasteiger charge is 2.18. The molecule has 0 radical (unpaired) electrons. The summed E-state index contributed by atoms with van der Waals surface area (Å²) in [5, 5.41) is 5.92. The van der Waals surface area contributed by atoms with Crippen LogP contribution in [-0.2, 0) is 0 Å². The van der Waals surface area contributed by atoms with Gasteiger partial charge in [-0.3, -0.25) is 9.78 Å². The van der Waals surface area contributed by atoms with Crippen molar-refractivity contribution < 1.29 is 0 Å². The summed E-state index contributed by atoms with van der Waals surface area (Å²) in [4.78, 5) is 22.2. The molecule has 0 amide bonds. The van der Waals surface area contributed by atoms with Crippen molar-refractivity contribution in [2.75, 3.05) is 31.1 Å². The predicted octanol–water partition coefficient (Wildman–Crippen LogP) is 2.71. The van der Waals surface area contributed by atoms with Gasteiger partial charge in [-0.05, 0) is 6.07 Å². The van der Waals surface area contributed by atoms with Gasteiger partial charge in [0.25, 0.3) is 5.56 Å². The van der Waals surface area contributed by atoms with Crippen LogP contribution in [-0.4, -0.2) is 36.1 Å². The number of thiophene rings is 1. The number of hydrogen-bond acceptors (Lipinski definition) is 5. The second-order valence-electron chi connectivity index (χ2n) is 5.43. The van der Waals surface area contributed by atoms with Gasteiger partial charge in [0, 0.05) is 47.7 Å². The van der Waals surface area contributed by atoms with Gasteiger partial charge < -0.3 is 10.2 Å². The van der Waals surface area contributed by atoms with Crippen molar-refractivity contribution >= 4 is 39.1 Å². The molecule has 3 heterocycles. The topological polar surface area (TPSA) is 61.0 Å². The van der Waals surface area contributed by atoms with E-state index in [0.717, 1.165) is 42.8 Å². The minimum Gasteiger partial charge on any atom is -0.340 e. The van der Waals surface area contributed by atoms with E-state index >= 15 is 0 Å². The molecule has 2 N–H and O–H groups in total. The minimum absolute atomic E-state index is 0.0909. The Morgan fingerprint density at radius 3 is 2.74 bits per heavy atom. The quantitative estimate of drug-likeness (QED) is 0.749. The zero-order valence-corrected chi connectivity index (χ0v) is 13.9. The highest BCUT2D eigenvalue weighted by atomic mass is 35.5. The molecule has 0 saturated carbocycles. The molecule has 4 rings (SSSR count). The Kier molecular flexibility index (Phi) is 3.80. The van der Waals surface area contributed by atoms with Crippen LogP contribution in [0.25, 0.3) is 21.3 Å². The molecule has 1 saturated heterocycles. The largest absolute Gasteiger partial charge is 0.340 e. The van der Waals surface area contributed by atoms with Crippen LogP contribution in [0, 0.1) is 0 Å². The summed E-state index contributed by atoms with van der Waals surface area (Å²) < 4.78 is 0.638. The van der Waals surface area contributed by atoms with Gasteiger partial charge in [-0.25, -0.2) is 4.98 Å². The lowest BCUT2D eigenvalue weighted by Crippen LogP contribution is -2.44. The van der Waals surface area contributed by atoms with E-state index < -0.39 is 0 Å². The first-order valence-electron chi connectivity index (χ1n) is 7.46. The molecule has 1 aromatic carbocycles. The molecule has 0 bridgehead atoms. The van der Waals surface area contributed by atoms with Crippen molar-refractivity contribution in [3.05, 3.63) is 45.0 Å². The van der Waals surface area contributed by atoms with E-state index in [1.54, 1.807) is 0 Å². The zero-order chi connectivity index (χ0) is 15.8. The van der Waals surface area contributed by atoms with Gasteiger partial charge in [0.1, 0.15) is 4.70 Å². The molecule has 5 nitrogen and oxygen atoms in total. The minimum atomic E-state index is -0.0909. The van der Waals surface area contributed by atoms with E-state index in [2.05, 4.69) is 15.2 Å². The Morgan fingerprint density at radius 1 is 1.17 bits per heavy atom. The lowest BCUT2D eigenvalue weighted by atomic mass is 10.1. The van der Waals surface area contributed by atoms with Crippen LogP contribution in [0.3, 0.4) is 0 Å². The fourth-order valence-electron chi connectivity index (χ4n) is 2.81. The van der Waals surface area contributed by atoms with E-state index in [9.17, 15) is 4.79 Å². The molecule has 23 heavy (non-hydrogen) atoms. The number of rotatable bonds is 2. The van der Waals surface area contributed by atoms with E-state index in [1.807, 2.05) is 29.6 Å². The Hall–Kier alpha value is -1.89. The van der Waals surface area contributed by atoms with Crippen LogP contribution in [0.15, 0.2) is 34.4 Å². The van der Waals surface area contributed by atoms with Gasteiger partial charge >= 0.3 is 0 Å². The second-order valence-corrected chi connectivity index (χ2v) is 6.72. The number of halogens is 1. The number of anilines is 1. The fourth-order valence-corrected chi connectivity index (χ4v) is 3.95. The number of piperazine rings is 1. The van der Waals surface area contributed by atoms with Gasteiger partial charge in [-0.15, -0.1) is 11.3 Å². The lowest BCUT2D eigenvalue weighted by Gasteiger charge is -2.27. The van der Waals surface area contributed by atoms with Crippen molar-refractivity contribution in [1.29, 1.82) is 0 Å². The Morgan fingerprint density at radius 2 is 1.96 bits per heavy atom. The third-order valence-corrected chi connectivity index (χ3v) is 5.29. The Bertz CT molecular complexity index is 914. The zero-order valence-electron chi connectivity index (χ0n) is 12.3. The van der Waals surface area contributed by atoms with Crippen molar-refractivity contribution in [1.82, 2.24) is 15.3 Å². The third-order valence-electron chi connectivity index (χ3n) is 3.99. The van der Waals surface area contributed by atoms with Gasteiger partial charge in [0.05, 0.1) is 5.52 Å². The SMILES string of the molecule is O=c1[nH]c(N2CCNCC2)nc2c(-c3ccccc3Cl)csc12. The van der Waals surface area contributed by atoms with E-state index in [1.165, 1.54) is 11.3 Å². The molecular formula is C16H15ClN4OS. The van der Waals surface area contributed by atoms with Crippen LogP contribution < -0.4 is 15.8 Å². The molecule has 0 unspecified atom stereocenters. The van der Waals surface area contributed by atoms with Crippen LogP contribution in [0.1, 0.15) is 0 Å². The smallest absolute Gasteiger partial charge is 0.270 e. The van der Waals surface area contributed by atoms with Crippen molar-refractivity contribution in [3.8, 4) is 11.1 Å². The number of aromatic amines is 1. The van der Waals surface area contributed by atoms with E-state index in [4.69, 9.17) is 16.6 Å². The van der Waals surface area contributed by atoms with Gasteiger partial charge in [0.15, 0.2) is 0 Å². The number of H-pyrrole nitrogens is 1. The number of hydrogen-bond donors (Lipinski definition) is 2. The molecule has 0 aliphatic carbocycles. The van der Waals surface area contributed by atoms with Crippen LogP contribution in [0.5, 0.6) is 0 Å². The average molecular weight is 347 g/mol. The normalized spacial score (nSPS) is 15.3. The summed E-state index contributed by atoms with van der Waals surface area (Å²) >= 11 is 7.72. The third kappa shape index (κ3) is 2.63. The van der Waals surface area contributed by atoms with Crippen LogP contribution in [0.4, 0.5) is 5.95 Å². The summed E-state index contributed by atoms with van der Waals surface area (Å²) in [6, 6.07) is 7.64. The molecule has 118 valence electrons. The van der Waals surface area contributed by atoms with E-state index in [-0.39, 0.29) is 5.56 Å². The number of benzene rings is 1.